The van der Waals surface area contributed by atoms with Gasteiger partial charge in [-0.05, 0) is 19.1 Å². The molecule has 0 atom stereocenters. The fourth-order valence-corrected chi connectivity index (χ4v) is 2.21. The van der Waals surface area contributed by atoms with Crippen molar-refractivity contribution in [2.45, 2.75) is 13.5 Å². The average Bonchev–Trinajstić information content (AvgIpc) is 2.94. The Hall–Kier alpha value is -2.47. The van der Waals surface area contributed by atoms with Gasteiger partial charge >= 0.3 is 0 Å². The highest BCUT2D eigenvalue weighted by atomic mass is 16.2. The molecule has 0 saturated carbocycles. The summed E-state index contributed by atoms with van der Waals surface area (Å²) < 4.78 is 0. The zero-order chi connectivity index (χ0) is 13.6. The molecular formula is C13H12N4O2. The Kier molecular flexibility index (Phi) is 2.46. The fraction of sp³-hybridized carbons (Fsp3) is 0.154. The second kappa shape index (κ2) is 4.03. The second-order valence-electron chi connectivity index (χ2n) is 4.44. The number of H-pyrrole nitrogens is 1. The summed E-state index contributed by atoms with van der Waals surface area (Å²) in [6, 6.07) is 5.20. The van der Waals surface area contributed by atoms with Crippen LogP contribution >= 0.6 is 0 Å². The minimum atomic E-state index is -0.348. The zero-order valence-electron chi connectivity index (χ0n) is 10.3. The van der Waals surface area contributed by atoms with Gasteiger partial charge in [0.1, 0.15) is 5.82 Å². The SMILES string of the molecule is Cc1ccc2c(c1)C(=O)N(c1[nH]ncc1CN)C2=O. The molecule has 1 aliphatic heterocycles. The van der Waals surface area contributed by atoms with Crippen LogP contribution in [0.4, 0.5) is 5.82 Å². The largest absolute Gasteiger partial charge is 0.326 e. The number of carbonyl (C=O) groups excluding carboxylic acids is 2. The third-order valence-corrected chi connectivity index (χ3v) is 3.18. The number of hydrogen-bond donors (Lipinski definition) is 2. The number of fused-ring (bicyclic) bond motifs is 1. The van der Waals surface area contributed by atoms with Crippen molar-refractivity contribution < 1.29 is 9.59 Å². The Balaban J connectivity index is 2.13. The number of rotatable bonds is 2. The van der Waals surface area contributed by atoms with Crippen LogP contribution in [0.1, 0.15) is 31.8 Å². The fourth-order valence-electron chi connectivity index (χ4n) is 2.21. The molecule has 0 bridgehead atoms. The van der Waals surface area contributed by atoms with E-state index < -0.39 is 0 Å². The van der Waals surface area contributed by atoms with Gasteiger partial charge in [0.15, 0.2) is 0 Å². The normalized spacial score (nSPS) is 14.1. The number of carbonyl (C=O) groups is 2. The van der Waals surface area contributed by atoms with E-state index >= 15 is 0 Å². The molecule has 0 spiro atoms. The molecule has 1 aromatic carbocycles. The molecule has 6 heteroatoms. The Bertz CT molecular complexity index is 690. The number of aryl methyl sites for hydroxylation is 1. The minimum absolute atomic E-state index is 0.207. The van der Waals surface area contributed by atoms with Crippen LogP contribution in [0.5, 0.6) is 0 Å². The zero-order valence-corrected chi connectivity index (χ0v) is 10.3. The van der Waals surface area contributed by atoms with Crippen molar-refractivity contribution in [3.8, 4) is 0 Å². The number of imide groups is 1. The van der Waals surface area contributed by atoms with Crippen LogP contribution in [-0.2, 0) is 6.54 Å². The molecule has 1 aromatic heterocycles. The summed E-state index contributed by atoms with van der Waals surface area (Å²) in [6.07, 6.45) is 1.52. The van der Waals surface area contributed by atoms with E-state index in [1.165, 1.54) is 6.20 Å². The van der Waals surface area contributed by atoms with Gasteiger partial charge in [-0.3, -0.25) is 14.7 Å². The van der Waals surface area contributed by atoms with E-state index in [1.54, 1.807) is 12.1 Å². The predicted molar refractivity (Wildman–Crippen MR) is 68.8 cm³/mol. The molecule has 0 fully saturated rings. The lowest BCUT2D eigenvalue weighted by Crippen LogP contribution is -2.30. The van der Waals surface area contributed by atoms with Crippen molar-refractivity contribution in [3.05, 3.63) is 46.6 Å². The Labute approximate surface area is 109 Å². The summed E-state index contributed by atoms with van der Waals surface area (Å²) in [6.45, 7) is 2.08. The van der Waals surface area contributed by atoms with E-state index in [9.17, 15) is 9.59 Å². The number of hydrogen-bond acceptors (Lipinski definition) is 4. The monoisotopic (exact) mass is 256 g/mol. The smallest absolute Gasteiger partial charge is 0.267 e. The van der Waals surface area contributed by atoms with Crippen molar-refractivity contribution in [3.63, 3.8) is 0 Å². The predicted octanol–water partition coefficient (Wildman–Crippen LogP) is 0.977. The van der Waals surface area contributed by atoms with Gasteiger partial charge in [0.2, 0.25) is 0 Å². The molecule has 0 saturated heterocycles. The van der Waals surface area contributed by atoms with E-state index in [1.807, 2.05) is 13.0 Å². The molecule has 0 radical (unpaired) electrons. The standard InChI is InChI=1S/C13H12N4O2/c1-7-2-3-9-10(4-7)13(19)17(12(9)18)11-8(5-14)6-15-16-11/h2-4,6H,5,14H2,1H3,(H,15,16). The van der Waals surface area contributed by atoms with Gasteiger partial charge in [-0.2, -0.15) is 5.10 Å². The molecule has 2 heterocycles. The first-order valence-corrected chi connectivity index (χ1v) is 5.85. The van der Waals surface area contributed by atoms with Crippen molar-refractivity contribution in [1.82, 2.24) is 10.2 Å². The summed E-state index contributed by atoms with van der Waals surface area (Å²) in [5, 5.41) is 6.50. The maximum absolute atomic E-state index is 12.3. The Morgan fingerprint density at radius 1 is 1.26 bits per heavy atom. The van der Waals surface area contributed by atoms with Crippen LogP contribution in [-0.4, -0.2) is 22.0 Å². The van der Waals surface area contributed by atoms with Crippen LogP contribution < -0.4 is 10.6 Å². The minimum Gasteiger partial charge on any atom is -0.326 e. The number of aromatic amines is 1. The van der Waals surface area contributed by atoms with Crippen molar-refractivity contribution in [2.24, 2.45) is 5.73 Å². The van der Waals surface area contributed by atoms with E-state index in [4.69, 9.17) is 5.73 Å². The molecule has 0 unspecified atom stereocenters. The topological polar surface area (TPSA) is 92.1 Å². The van der Waals surface area contributed by atoms with Gasteiger partial charge in [-0.1, -0.05) is 11.6 Å². The molecule has 2 aromatic rings. The van der Waals surface area contributed by atoms with Gasteiger partial charge in [0.25, 0.3) is 11.8 Å². The number of nitrogens with two attached hydrogens (primary N) is 1. The first-order valence-electron chi connectivity index (χ1n) is 5.85. The van der Waals surface area contributed by atoms with Gasteiger partial charge in [0.05, 0.1) is 17.3 Å². The number of benzene rings is 1. The molecule has 0 aliphatic carbocycles. The van der Waals surface area contributed by atoms with Gasteiger partial charge in [-0.25, -0.2) is 4.90 Å². The highest BCUT2D eigenvalue weighted by molar-refractivity contribution is 6.34. The average molecular weight is 256 g/mol. The van der Waals surface area contributed by atoms with Crippen LogP contribution in [0.15, 0.2) is 24.4 Å². The van der Waals surface area contributed by atoms with Gasteiger partial charge < -0.3 is 5.73 Å². The first kappa shape index (κ1) is 11.6. The number of nitrogens with zero attached hydrogens (tertiary/aromatic N) is 2. The summed E-state index contributed by atoms with van der Waals surface area (Å²) in [5.74, 6) is -0.340. The molecule has 2 amide bonds. The van der Waals surface area contributed by atoms with Crippen molar-refractivity contribution >= 4 is 17.6 Å². The second-order valence-corrected chi connectivity index (χ2v) is 4.44. The number of anilines is 1. The van der Waals surface area contributed by atoms with Crippen LogP contribution in [0.2, 0.25) is 0 Å². The molecule has 1 aliphatic rings. The van der Waals surface area contributed by atoms with Crippen molar-refractivity contribution in [1.29, 1.82) is 0 Å². The molecule has 96 valence electrons. The first-order chi connectivity index (χ1) is 9.13. The third kappa shape index (κ3) is 1.57. The van der Waals surface area contributed by atoms with Crippen LogP contribution in [0, 0.1) is 6.92 Å². The van der Waals surface area contributed by atoms with Gasteiger partial charge in [-0.15, -0.1) is 0 Å². The van der Waals surface area contributed by atoms with Crippen LogP contribution in [0.25, 0.3) is 0 Å². The molecule has 19 heavy (non-hydrogen) atoms. The number of amides is 2. The summed E-state index contributed by atoms with van der Waals surface area (Å²) in [5.41, 5.74) is 7.97. The highest BCUT2D eigenvalue weighted by Crippen LogP contribution is 2.29. The van der Waals surface area contributed by atoms with Crippen LogP contribution in [0.3, 0.4) is 0 Å². The quantitative estimate of drug-likeness (QED) is 0.783. The van der Waals surface area contributed by atoms with Gasteiger partial charge in [0, 0.05) is 12.1 Å². The highest BCUT2D eigenvalue weighted by Gasteiger charge is 2.38. The Morgan fingerprint density at radius 2 is 2.00 bits per heavy atom. The van der Waals surface area contributed by atoms with E-state index in [0.29, 0.717) is 22.5 Å². The third-order valence-electron chi connectivity index (χ3n) is 3.18. The lowest BCUT2D eigenvalue weighted by Gasteiger charge is -2.12. The lowest BCUT2D eigenvalue weighted by atomic mass is 10.1. The molecule has 3 rings (SSSR count). The lowest BCUT2D eigenvalue weighted by molar-refractivity contribution is 0.0924. The molecular weight excluding hydrogens is 244 g/mol. The molecule has 3 N–H and O–H groups in total. The number of nitrogens with one attached hydrogen (secondary N) is 1. The van der Waals surface area contributed by atoms with E-state index in [0.717, 1.165) is 10.5 Å². The Morgan fingerprint density at radius 3 is 2.74 bits per heavy atom. The van der Waals surface area contributed by atoms with E-state index in [-0.39, 0.29) is 18.4 Å². The maximum Gasteiger partial charge on any atom is 0.267 e. The summed E-state index contributed by atoms with van der Waals surface area (Å²) in [4.78, 5) is 25.7. The summed E-state index contributed by atoms with van der Waals surface area (Å²) >= 11 is 0. The maximum atomic E-state index is 12.3. The van der Waals surface area contributed by atoms with E-state index in [2.05, 4.69) is 10.2 Å². The molecule has 6 nitrogen and oxygen atoms in total. The van der Waals surface area contributed by atoms with Crippen molar-refractivity contribution in [2.75, 3.05) is 4.90 Å². The summed E-state index contributed by atoms with van der Waals surface area (Å²) in [7, 11) is 0. The number of aromatic nitrogens is 2.